The van der Waals surface area contributed by atoms with Crippen molar-refractivity contribution in [2.75, 3.05) is 24.4 Å². The predicted octanol–water partition coefficient (Wildman–Crippen LogP) is 2.59. The molecule has 0 saturated carbocycles. The molecule has 0 saturated heterocycles. The molecule has 0 aliphatic rings. The Morgan fingerprint density at radius 2 is 2.26 bits per heavy atom. The zero-order valence-corrected chi connectivity index (χ0v) is 11.2. The summed E-state index contributed by atoms with van der Waals surface area (Å²) in [7, 11) is 1.54. The molecule has 0 aliphatic heterocycles. The summed E-state index contributed by atoms with van der Waals surface area (Å²) in [4.78, 5) is 11.3. The fourth-order valence-corrected chi connectivity index (χ4v) is 1.45. The quantitative estimate of drug-likeness (QED) is 0.853. The van der Waals surface area contributed by atoms with Crippen LogP contribution in [0.5, 0.6) is 5.75 Å². The number of hydrogen-bond donors (Lipinski definition) is 2. The molecular formula is C13H17N3O3. The number of nitriles is 1. The molecule has 0 radical (unpaired) electrons. The first kappa shape index (κ1) is 14.6. The van der Waals surface area contributed by atoms with Crippen LogP contribution >= 0.6 is 0 Å². The topological polar surface area (TPSA) is 83.4 Å². The van der Waals surface area contributed by atoms with E-state index in [4.69, 9.17) is 14.7 Å². The second-order valence-corrected chi connectivity index (χ2v) is 3.76. The van der Waals surface area contributed by atoms with Gasteiger partial charge >= 0.3 is 6.09 Å². The molecule has 0 spiro atoms. The highest BCUT2D eigenvalue weighted by atomic mass is 16.5. The van der Waals surface area contributed by atoms with Gasteiger partial charge in [0.25, 0.3) is 0 Å². The Hall–Kier alpha value is -2.42. The molecule has 1 rings (SSSR count). The van der Waals surface area contributed by atoms with Crippen molar-refractivity contribution in [1.82, 2.24) is 0 Å². The number of methoxy groups -OCH3 is 1. The van der Waals surface area contributed by atoms with Gasteiger partial charge in [-0.05, 0) is 32.0 Å². The number of nitrogens with zero attached hydrogens (tertiary/aromatic N) is 1. The average Bonchev–Trinajstić information content (AvgIpc) is 2.39. The van der Waals surface area contributed by atoms with Crippen LogP contribution in [0.25, 0.3) is 0 Å². The number of anilines is 2. The zero-order chi connectivity index (χ0) is 14.3. The molecule has 1 unspecified atom stereocenters. The molecule has 1 aromatic carbocycles. The van der Waals surface area contributed by atoms with E-state index in [0.717, 1.165) is 0 Å². The zero-order valence-electron chi connectivity index (χ0n) is 11.2. The second-order valence-electron chi connectivity index (χ2n) is 3.76. The first-order chi connectivity index (χ1) is 9.10. The van der Waals surface area contributed by atoms with Crippen molar-refractivity contribution >= 4 is 17.5 Å². The molecular weight excluding hydrogens is 246 g/mol. The van der Waals surface area contributed by atoms with Crippen LogP contribution in [0.2, 0.25) is 0 Å². The number of hydrogen-bond acceptors (Lipinski definition) is 5. The molecule has 1 aromatic rings. The van der Waals surface area contributed by atoms with Gasteiger partial charge in [-0.3, -0.25) is 5.32 Å². The van der Waals surface area contributed by atoms with Gasteiger partial charge in [0, 0.05) is 5.69 Å². The normalized spacial score (nSPS) is 11.1. The Balaban J connectivity index is 2.88. The van der Waals surface area contributed by atoms with Crippen molar-refractivity contribution < 1.29 is 14.3 Å². The Morgan fingerprint density at radius 1 is 1.53 bits per heavy atom. The average molecular weight is 263 g/mol. The van der Waals surface area contributed by atoms with Gasteiger partial charge in [-0.1, -0.05) is 0 Å². The number of carbonyl (C=O) groups is 1. The molecule has 1 amide bonds. The van der Waals surface area contributed by atoms with Crippen molar-refractivity contribution in [2.24, 2.45) is 0 Å². The van der Waals surface area contributed by atoms with Gasteiger partial charge in [-0.2, -0.15) is 5.26 Å². The first-order valence-electron chi connectivity index (χ1n) is 5.88. The molecule has 6 heteroatoms. The maximum absolute atomic E-state index is 11.3. The first-order valence-corrected chi connectivity index (χ1v) is 5.88. The van der Waals surface area contributed by atoms with Gasteiger partial charge in [0.1, 0.15) is 11.8 Å². The van der Waals surface area contributed by atoms with Crippen LogP contribution < -0.4 is 15.4 Å². The van der Waals surface area contributed by atoms with Gasteiger partial charge in [0.2, 0.25) is 0 Å². The molecule has 102 valence electrons. The monoisotopic (exact) mass is 263 g/mol. The summed E-state index contributed by atoms with van der Waals surface area (Å²) >= 11 is 0. The van der Waals surface area contributed by atoms with Crippen LogP contribution in [0.15, 0.2) is 18.2 Å². The highest BCUT2D eigenvalue weighted by molar-refractivity contribution is 5.86. The number of ether oxygens (including phenoxy) is 2. The summed E-state index contributed by atoms with van der Waals surface area (Å²) < 4.78 is 9.97. The van der Waals surface area contributed by atoms with Gasteiger partial charge in [-0.25, -0.2) is 4.79 Å². The van der Waals surface area contributed by atoms with Gasteiger partial charge in [0.05, 0.1) is 25.5 Å². The van der Waals surface area contributed by atoms with E-state index in [2.05, 4.69) is 16.7 Å². The van der Waals surface area contributed by atoms with E-state index >= 15 is 0 Å². The molecule has 1 atom stereocenters. The van der Waals surface area contributed by atoms with Crippen molar-refractivity contribution in [3.63, 3.8) is 0 Å². The van der Waals surface area contributed by atoms with Crippen LogP contribution in [-0.4, -0.2) is 25.9 Å². The highest BCUT2D eigenvalue weighted by Crippen LogP contribution is 2.28. The van der Waals surface area contributed by atoms with Gasteiger partial charge in [0.15, 0.2) is 0 Å². The maximum Gasteiger partial charge on any atom is 0.411 e. The molecule has 0 heterocycles. The lowest BCUT2D eigenvalue weighted by Gasteiger charge is -2.14. The fourth-order valence-electron chi connectivity index (χ4n) is 1.45. The van der Waals surface area contributed by atoms with E-state index in [1.165, 1.54) is 7.11 Å². The van der Waals surface area contributed by atoms with Crippen molar-refractivity contribution in [1.29, 1.82) is 5.26 Å². The lowest BCUT2D eigenvalue weighted by Crippen LogP contribution is -2.15. The predicted molar refractivity (Wildman–Crippen MR) is 72.3 cm³/mol. The summed E-state index contributed by atoms with van der Waals surface area (Å²) in [6.07, 6.45) is -0.521. The third kappa shape index (κ3) is 4.39. The Labute approximate surface area is 112 Å². The summed E-state index contributed by atoms with van der Waals surface area (Å²) in [5, 5.41) is 14.4. The van der Waals surface area contributed by atoms with Crippen molar-refractivity contribution in [2.45, 2.75) is 19.9 Å². The second kappa shape index (κ2) is 7.11. The Bertz CT molecular complexity index is 483. The summed E-state index contributed by atoms with van der Waals surface area (Å²) in [6.45, 7) is 3.76. The maximum atomic E-state index is 11.3. The summed E-state index contributed by atoms with van der Waals surface area (Å²) in [5.74, 6) is 0.594. The molecule has 6 nitrogen and oxygen atoms in total. The number of rotatable bonds is 5. The molecule has 0 bridgehead atoms. The van der Waals surface area contributed by atoms with Crippen LogP contribution in [0, 0.1) is 11.3 Å². The van der Waals surface area contributed by atoms with Gasteiger partial charge in [-0.15, -0.1) is 0 Å². The minimum absolute atomic E-state index is 0.304. The van der Waals surface area contributed by atoms with Crippen LogP contribution in [0.4, 0.5) is 16.2 Å². The van der Waals surface area contributed by atoms with E-state index < -0.39 is 6.09 Å². The summed E-state index contributed by atoms with van der Waals surface area (Å²) in [6, 6.07) is 6.78. The molecule has 2 N–H and O–H groups in total. The third-order valence-electron chi connectivity index (χ3n) is 2.29. The van der Waals surface area contributed by atoms with Gasteiger partial charge < -0.3 is 14.8 Å². The largest absolute Gasteiger partial charge is 0.495 e. The SMILES string of the molecule is CCOC(=O)Nc1ccc(OC)c(NC(C)C#N)c1. The number of carbonyl (C=O) groups excluding carboxylic acids is 1. The summed E-state index contributed by atoms with van der Waals surface area (Å²) in [5.41, 5.74) is 1.19. The Morgan fingerprint density at radius 3 is 2.84 bits per heavy atom. The minimum atomic E-state index is -0.521. The van der Waals surface area contributed by atoms with Crippen LogP contribution in [0.3, 0.4) is 0 Å². The third-order valence-corrected chi connectivity index (χ3v) is 2.29. The van der Waals surface area contributed by atoms with E-state index in [-0.39, 0.29) is 6.04 Å². The molecule has 0 aromatic heterocycles. The lowest BCUT2D eigenvalue weighted by molar-refractivity contribution is 0.168. The number of benzene rings is 1. The molecule has 0 fully saturated rings. The van der Waals surface area contributed by atoms with E-state index in [9.17, 15) is 4.79 Å². The van der Waals surface area contributed by atoms with Crippen LogP contribution in [0.1, 0.15) is 13.8 Å². The highest BCUT2D eigenvalue weighted by Gasteiger charge is 2.09. The molecule has 0 aliphatic carbocycles. The lowest BCUT2D eigenvalue weighted by atomic mass is 10.2. The minimum Gasteiger partial charge on any atom is -0.495 e. The Kier molecular flexibility index (Phi) is 5.48. The van der Waals surface area contributed by atoms with Crippen molar-refractivity contribution in [3.8, 4) is 11.8 Å². The van der Waals surface area contributed by atoms with E-state index in [1.807, 2.05) is 0 Å². The smallest absolute Gasteiger partial charge is 0.411 e. The van der Waals surface area contributed by atoms with E-state index in [0.29, 0.717) is 23.7 Å². The van der Waals surface area contributed by atoms with Crippen LogP contribution in [-0.2, 0) is 4.74 Å². The van der Waals surface area contributed by atoms with Crippen molar-refractivity contribution in [3.05, 3.63) is 18.2 Å². The fraction of sp³-hybridized carbons (Fsp3) is 0.385. The molecule has 19 heavy (non-hydrogen) atoms. The number of amides is 1. The van der Waals surface area contributed by atoms with E-state index in [1.54, 1.807) is 32.0 Å². The standard InChI is InChI=1S/C13H17N3O3/c1-4-19-13(17)16-10-5-6-12(18-3)11(7-10)15-9(2)8-14/h5-7,9,15H,4H2,1-3H3,(H,16,17). The number of nitrogens with one attached hydrogen (secondary N) is 2.